The summed E-state index contributed by atoms with van der Waals surface area (Å²) in [4.78, 5) is 27.0. The summed E-state index contributed by atoms with van der Waals surface area (Å²) in [5.74, 6) is 0.677. The molecule has 8 nitrogen and oxygen atoms in total. The van der Waals surface area contributed by atoms with Crippen LogP contribution in [-0.2, 0) is 28.9 Å². The van der Waals surface area contributed by atoms with Crippen LogP contribution < -0.4 is 5.32 Å². The maximum absolute atomic E-state index is 11.7. The van der Waals surface area contributed by atoms with Gasteiger partial charge in [0.1, 0.15) is 7.11 Å². The lowest BCUT2D eigenvalue weighted by molar-refractivity contribution is -0.114. The molecule has 4 aromatic rings. The summed E-state index contributed by atoms with van der Waals surface area (Å²) in [6, 6.07) is 12.3. The molecule has 36 heavy (non-hydrogen) atoms. The third-order valence-corrected chi connectivity index (χ3v) is 7.55. The van der Waals surface area contributed by atoms with E-state index < -0.39 is 0 Å². The average molecular weight is 499 g/mol. The normalized spacial score (nSPS) is 14.5. The van der Waals surface area contributed by atoms with Crippen LogP contribution in [0, 0.1) is 5.92 Å². The molecular formula is C27H26N6O2S. The molecule has 2 aliphatic rings. The Morgan fingerprint density at radius 1 is 1.22 bits per heavy atom. The summed E-state index contributed by atoms with van der Waals surface area (Å²) in [5, 5.41) is 12.4. The average Bonchev–Trinajstić information content (AvgIpc) is 3.46. The van der Waals surface area contributed by atoms with Gasteiger partial charge < -0.3 is 10.2 Å². The molecule has 9 heteroatoms. The highest BCUT2D eigenvalue weighted by Crippen LogP contribution is 2.44. The zero-order chi connectivity index (χ0) is 24.6. The molecule has 3 heterocycles. The number of thiazole rings is 1. The molecule has 0 atom stereocenters. The predicted octanol–water partition coefficient (Wildman–Crippen LogP) is 5.05. The zero-order valence-corrected chi connectivity index (χ0v) is 21.0. The van der Waals surface area contributed by atoms with Gasteiger partial charge in [0.05, 0.1) is 33.9 Å². The monoisotopic (exact) mass is 498 g/mol. The van der Waals surface area contributed by atoms with Gasteiger partial charge in [-0.1, -0.05) is 28.6 Å². The van der Waals surface area contributed by atoms with Gasteiger partial charge in [0.15, 0.2) is 5.13 Å². The number of nitrogens with zero attached hydrogens (tertiary/aromatic N) is 5. The van der Waals surface area contributed by atoms with Gasteiger partial charge in [-0.15, -0.1) is 0 Å². The van der Waals surface area contributed by atoms with Crippen molar-refractivity contribution in [3.8, 4) is 27.5 Å². The summed E-state index contributed by atoms with van der Waals surface area (Å²) >= 11 is 1.50. The Kier molecular flexibility index (Phi) is 5.85. The quantitative estimate of drug-likeness (QED) is 0.284. The molecule has 1 aromatic carbocycles. The predicted molar refractivity (Wildman–Crippen MR) is 141 cm³/mol. The van der Waals surface area contributed by atoms with Crippen molar-refractivity contribution in [2.45, 2.75) is 39.0 Å². The van der Waals surface area contributed by atoms with E-state index in [0.717, 1.165) is 69.6 Å². The largest absolute Gasteiger partial charge is 0.399 e. The minimum Gasteiger partial charge on any atom is -0.399 e. The van der Waals surface area contributed by atoms with Gasteiger partial charge >= 0.3 is 0 Å². The molecule has 0 saturated heterocycles. The Morgan fingerprint density at radius 3 is 2.75 bits per heavy atom. The van der Waals surface area contributed by atoms with Crippen LogP contribution >= 0.6 is 11.3 Å². The van der Waals surface area contributed by atoms with Crippen LogP contribution in [0.3, 0.4) is 0 Å². The summed E-state index contributed by atoms with van der Waals surface area (Å²) < 4.78 is 1.99. The molecule has 3 aromatic heterocycles. The minimum atomic E-state index is -0.124. The van der Waals surface area contributed by atoms with E-state index in [9.17, 15) is 4.79 Å². The Hall–Kier alpha value is -3.85. The topological polar surface area (TPSA) is 94.3 Å². The van der Waals surface area contributed by atoms with Crippen molar-refractivity contribution in [3.63, 3.8) is 0 Å². The number of amides is 1. The SMILES string of the molecule is CO/N=C\c1ccc(-n2nc(-c3ccc(CC4CC4)nc3)c3c2-c2sc(NC(C)=O)nc2CC3)cc1. The number of carbonyl (C=O) groups is 1. The molecule has 0 aliphatic heterocycles. The van der Waals surface area contributed by atoms with E-state index in [-0.39, 0.29) is 5.91 Å². The number of carbonyl (C=O) groups excluding carboxylic acids is 1. The van der Waals surface area contributed by atoms with Crippen molar-refractivity contribution < 1.29 is 9.63 Å². The van der Waals surface area contributed by atoms with Crippen LogP contribution in [0.15, 0.2) is 47.8 Å². The minimum absolute atomic E-state index is 0.124. The lowest BCUT2D eigenvalue weighted by atomic mass is 9.95. The Labute approximate surface area is 213 Å². The number of oxime groups is 1. The van der Waals surface area contributed by atoms with Crippen molar-refractivity contribution in [2.24, 2.45) is 11.1 Å². The van der Waals surface area contributed by atoms with Crippen molar-refractivity contribution in [1.82, 2.24) is 19.7 Å². The van der Waals surface area contributed by atoms with Gasteiger partial charge in [-0.25, -0.2) is 9.67 Å². The van der Waals surface area contributed by atoms with E-state index in [1.165, 1.54) is 43.8 Å². The number of fused-ring (bicyclic) bond motifs is 3. The van der Waals surface area contributed by atoms with Crippen LogP contribution in [0.2, 0.25) is 0 Å². The first-order valence-corrected chi connectivity index (χ1v) is 12.9. The van der Waals surface area contributed by atoms with E-state index in [0.29, 0.717) is 5.13 Å². The van der Waals surface area contributed by atoms with Crippen LogP contribution in [0.1, 0.15) is 42.3 Å². The van der Waals surface area contributed by atoms with Gasteiger partial charge in [-0.3, -0.25) is 9.78 Å². The first kappa shape index (κ1) is 22.6. The van der Waals surface area contributed by atoms with Crippen molar-refractivity contribution in [3.05, 3.63) is 65.1 Å². The highest BCUT2D eigenvalue weighted by molar-refractivity contribution is 7.19. The molecular weight excluding hydrogens is 472 g/mol. The number of rotatable bonds is 7. The number of benzene rings is 1. The van der Waals surface area contributed by atoms with Crippen LogP contribution in [-0.4, -0.2) is 39.0 Å². The molecule has 182 valence electrons. The van der Waals surface area contributed by atoms with E-state index in [1.54, 1.807) is 6.21 Å². The molecule has 1 saturated carbocycles. The molecule has 6 rings (SSSR count). The molecule has 0 radical (unpaired) electrons. The van der Waals surface area contributed by atoms with Crippen LogP contribution in [0.4, 0.5) is 5.13 Å². The van der Waals surface area contributed by atoms with Crippen molar-refractivity contribution in [1.29, 1.82) is 0 Å². The highest BCUT2D eigenvalue weighted by Gasteiger charge is 2.30. The number of aryl methyl sites for hydroxylation is 1. The number of nitrogens with one attached hydrogen (secondary N) is 1. The Morgan fingerprint density at radius 2 is 2.06 bits per heavy atom. The van der Waals surface area contributed by atoms with Gasteiger partial charge in [0.25, 0.3) is 0 Å². The number of pyridine rings is 1. The van der Waals surface area contributed by atoms with E-state index >= 15 is 0 Å². The number of anilines is 1. The Bertz CT molecular complexity index is 1450. The van der Waals surface area contributed by atoms with E-state index in [2.05, 4.69) is 22.6 Å². The van der Waals surface area contributed by atoms with E-state index in [1.807, 2.05) is 35.1 Å². The van der Waals surface area contributed by atoms with Crippen molar-refractivity contribution >= 4 is 28.6 Å². The van der Waals surface area contributed by atoms with Crippen molar-refractivity contribution in [2.75, 3.05) is 12.4 Å². The van der Waals surface area contributed by atoms with Gasteiger partial charge in [0.2, 0.25) is 5.91 Å². The molecule has 1 N–H and O–H groups in total. The Balaban J connectivity index is 1.45. The van der Waals surface area contributed by atoms with E-state index in [4.69, 9.17) is 19.9 Å². The maximum atomic E-state index is 11.7. The molecule has 2 aliphatic carbocycles. The van der Waals surface area contributed by atoms with Gasteiger partial charge in [0, 0.05) is 29.9 Å². The number of aromatic nitrogens is 4. The third kappa shape index (κ3) is 4.42. The lowest BCUT2D eigenvalue weighted by Gasteiger charge is -2.14. The third-order valence-electron chi connectivity index (χ3n) is 6.53. The summed E-state index contributed by atoms with van der Waals surface area (Å²) in [6.45, 7) is 1.50. The fraction of sp³-hybridized carbons (Fsp3) is 0.296. The van der Waals surface area contributed by atoms with Crippen LogP contribution in [0.5, 0.6) is 0 Å². The number of hydrogen-bond donors (Lipinski definition) is 1. The zero-order valence-electron chi connectivity index (χ0n) is 20.2. The fourth-order valence-electron chi connectivity index (χ4n) is 4.61. The fourth-order valence-corrected chi connectivity index (χ4v) is 5.73. The van der Waals surface area contributed by atoms with Gasteiger partial charge in [-0.2, -0.15) is 5.10 Å². The molecule has 0 unspecified atom stereocenters. The first-order valence-electron chi connectivity index (χ1n) is 12.1. The highest BCUT2D eigenvalue weighted by atomic mass is 32.1. The first-order chi connectivity index (χ1) is 17.6. The molecule has 1 amide bonds. The van der Waals surface area contributed by atoms with Gasteiger partial charge in [-0.05, 0) is 67.9 Å². The smallest absolute Gasteiger partial charge is 0.223 e. The summed E-state index contributed by atoms with van der Waals surface area (Å²) in [6.07, 6.45) is 8.94. The van der Waals surface area contributed by atoms with Crippen LogP contribution in [0.25, 0.3) is 27.5 Å². The second-order valence-electron chi connectivity index (χ2n) is 9.26. The summed E-state index contributed by atoms with van der Waals surface area (Å²) in [5.41, 5.74) is 8.18. The standard InChI is InChI=1S/C27H26N6O2S/c1-16(34)30-27-31-23-12-11-22-24(19-7-8-20(28-15-19)13-17-3-4-17)32-33(25(22)26(23)36-27)21-9-5-18(6-10-21)14-29-35-2/h5-10,14-15,17H,3-4,11-13H2,1-2H3,(H,30,31,34)/b29-14-. The maximum Gasteiger partial charge on any atom is 0.223 e. The molecule has 1 fully saturated rings. The number of hydrogen-bond acceptors (Lipinski definition) is 7. The lowest BCUT2D eigenvalue weighted by Crippen LogP contribution is -2.07. The second kappa shape index (κ2) is 9.31. The molecule has 0 spiro atoms. The second-order valence-corrected chi connectivity index (χ2v) is 10.3. The summed E-state index contributed by atoms with van der Waals surface area (Å²) in [7, 11) is 1.53. The molecule has 0 bridgehead atoms.